The van der Waals surface area contributed by atoms with Crippen LogP contribution in [0.25, 0.3) is 0 Å². The normalized spacial score (nSPS) is 8.58. The number of carbonyl (C=O) groups is 3. The molecule has 1 aromatic rings. The van der Waals surface area contributed by atoms with Crippen LogP contribution in [0.15, 0.2) is 18.5 Å². The summed E-state index contributed by atoms with van der Waals surface area (Å²) in [4.78, 5) is 34.5. The van der Waals surface area contributed by atoms with Crippen molar-refractivity contribution < 1.29 is 19.1 Å². The van der Waals surface area contributed by atoms with E-state index in [-0.39, 0.29) is 13.0 Å². The van der Waals surface area contributed by atoms with Crippen LogP contribution in [0.1, 0.15) is 18.1 Å². The topological polar surface area (TPSA) is 97.4 Å². The van der Waals surface area contributed by atoms with Crippen molar-refractivity contribution in [1.29, 1.82) is 0 Å². The van der Waals surface area contributed by atoms with Gasteiger partial charge in [0.05, 0.1) is 6.61 Å². The van der Waals surface area contributed by atoms with Gasteiger partial charge in [0.15, 0.2) is 0 Å². The van der Waals surface area contributed by atoms with Gasteiger partial charge in [-0.05, 0) is 31.9 Å². The minimum Gasteiger partial charge on any atom is -0.459 e. The van der Waals surface area contributed by atoms with E-state index in [1.807, 2.05) is 26.2 Å². The minimum atomic E-state index is -1.03. The Kier molecular flexibility index (Phi) is 8.35. The quantitative estimate of drug-likeness (QED) is 0.348. The number of aromatic nitrogens is 1. The number of hydrogen-bond donors (Lipinski definition) is 2. The molecule has 104 valence electrons. The molecule has 0 bridgehead atoms. The van der Waals surface area contributed by atoms with Gasteiger partial charge >= 0.3 is 11.9 Å². The molecule has 19 heavy (non-hydrogen) atoms. The van der Waals surface area contributed by atoms with Crippen molar-refractivity contribution in [3.8, 4) is 0 Å². The number of hydrogen-bond acceptors (Lipinski definition) is 5. The second-order valence-electron chi connectivity index (χ2n) is 3.48. The van der Waals surface area contributed by atoms with E-state index in [4.69, 9.17) is 0 Å². The third-order valence-electron chi connectivity index (χ3n) is 1.72. The average Bonchev–Trinajstić information content (AvgIpc) is 2.36. The number of carbonyl (C=O) groups excluding carboxylic acids is 3. The maximum absolute atomic E-state index is 10.5. The van der Waals surface area contributed by atoms with Crippen molar-refractivity contribution in [2.24, 2.45) is 0 Å². The Bertz CT molecular complexity index is 417. The molecule has 0 unspecified atom stereocenters. The summed E-state index contributed by atoms with van der Waals surface area (Å²) in [5.74, 6) is -2.03. The van der Waals surface area contributed by atoms with Gasteiger partial charge in [-0.15, -0.1) is 0 Å². The summed E-state index contributed by atoms with van der Waals surface area (Å²) in [6.45, 7) is 5.77. The zero-order valence-corrected chi connectivity index (χ0v) is 11.1. The first-order valence-corrected chi connectivity index (χ1v) is 5.55. The molecule has 0 aliphatic carbocycles. The van der Waals surface area contributed by atoms with E-state index in [1.165, 1.54) is 11.1 Å². The van der Waals surface area contributed by atoms with Gasteiger partial charge in [0.25, 0.3) is 0 Å². The van der Waals surface area contributed by atoms with Crippen LogP contribution >= 0.6 is 0 Å². The molecule has 0 aliphatic heterocycles. The number of nitrogens with zero attached hydrogens (tertiary/aromatic N) is 1. The standard InChI is InChI=1S/C7H9N.C5H8N2O4/c1-6-3-7(2)5-8-4-6;1-2-11-5(10)4(9)7-6-3-8/h3-5H,1-2H3;3H,2H2,1H3,(H,6,8)(H,7,9). The largest absolute Gasteiger partial charge is 0.459 e. The van der Waals surface area contributed by atoms with E-state index in [1.54, 1.807) is 17.8 Å². The summed E-state index contributed by atoms with van der Waals surface area (Å²) in [5.41, 5.74) is 6.05. The first kappa shape index (κ1) is 16.6. The molecule has 0 spiro atoms. The summed E-state index contributed by atoms with van der Waals surface area (Å²) in [6, 6.07) is 2.10. The van der Waals surface area contributed by atoms with E-state index >= 15 is 0 Å². The van der Waals surface area contributed by atoms with Crippen LogP contribution in [-0.4, -0.2) is 29.9 Å². The number of pyridine rings is 1. The monoisotopic (exact) mass is 267 g/mol. The molecule has 1 heterocycles. The third kappa shape index (κ3) is 8.31. The Balaban J connectivity index is 0.000000356. The highest BCUT2D eigenvalue weighted by Gasteiger charge is 2.12. The SMILES string of the molecule is CCOC(=O)C(=O)NNC=O.Cc1cncc(C)c1. The van der Waals surface area contributed by atoms with Gasteiger partial charge in [-0.3, -0.25) is 25.4 Å². The molecule has 0 atom stereocenters. The predicted molar refractivity (Wildman–Crippen MR) is 67.7 cm³/mol. The van der Waals surface area contributed by atoms with Crippen LogP contribution < -0.4 is 10.9 Å². The van der Waals surface area contributed by atoms with E-state index < -0.39 is 11.9 Å². The molecular formula is C12H17N3O4. The Morgan fingerprint density at radius 2 is 1.89 bits per heavy atom. The van der Waals surface area contributed by atoms with E-state index in [0.717, 1.165) is 0 Å². The highest BCUT2D eigenvalue weighted by molar-refractivity contribution is 6.32. The van der Waals surface area contributed by atoms with Gasteiger partial charge in [-0.2, -0.15) is 0 Å². The molecule has 7 heteroatoms. The molecule has 0 aromatic carbocycles. The number of rotatable bonds is 3. The lowest BCUT2D eigenvalue weighted by Crippen LogP contribution is -2.41. The van der Waals surface area contributed by atoms with Gasteiger partial charge in [0, 0.05) is 12.4 Å². The second kappa shape index (κ2) is 9.58. The predicted octanol–water partition coefficient (Wildman–Crippen LogP) is 0.0251. The van der Waals surface area contributed by atoms with Crippen molar-refractivity contribution in [3.63, 3.8) is 0 Å². The zero-order chi connectivity index (χ0) is 14.7. The molecule has 7 nitrogen and oxygen atoms in total. The molecule has 1 aromatic heterocycles. The summed E-state index contributed by atoms with van der Waals surface area (Å²) in [5, 5.41) is 0. The number of nitrogens with one attached hydrogen (secondary N) is 2. The maximum Gasteiger partial charge on any atom is 0.398 e. The molecule has 0 radical (unpaired) electrons. The van der Waals surface area contributed by atoms with Crippen molar-refractivity contribution >= 4 is 18.3 Å². The molecule has 2 amide bonds. The van der Waals surface area contributed by atoms with Crippen molar-refractivity contribution in [3.05, 3.63) is 29.6 Å². The van der Waals surface area contributed by atoms with Crippen LogP contribution in [0.5, 0.6) is 0 Å². The van der Waals surface area contributed by atoms with Crippen LogP contribution in [0, 0.1) is 13.8 Å². The minimum absolute atomic E-state index is 0.118. The molecule has 0 fully saturated rings. The Morgan fingerprint density at radius 3 is 2.26 bits per heavy atom. The van der Waals surface area contributed by atoms with E-state index in [0.29, 0.717) is 0 Å². The highest BCUT2D eigenvalue weighted by atomic mass is 16.5. The third-order valence-corrected chi connectivity index (χ3v) is 1.72. The lowest BCUT2D eigenvalue weighted by atomic mass is 10.2. The number of aryl methyl sites for hydroxylation is 2. The van der Waals surface area contributed by atoms with Gasteiger partial charge in [-0.25, -0.2) is 4.79 Å². The molecule has 1 rings (SSSR count). The Morgan fingerprint density at radius 1 is 1.32 bits per heavy atom. The maximum atomic E-state index is 10.5. The molecule has 0 saturated heterocycles. The zero-order valence-electron chi connectivity index (χ0n) is 11.1. The summed E-state index contributed by atoms with van der Waals surface area (Å²) < 4.78 is 4.29. The Hall–Kier alpha value is -2.44. The van der Waals surface area contributed by atoms with Gasteiger partial charge in [0.1, 0.15) is 0 Å². The summed E-state index contributed by atoms with van der Waals surface area (Å²) in [6.07, 6.45) is 3.94. The second-order valence-corrected chi connectivity index (χ2v) is 3.48. The number of esters is 1. The highest BCUT2D eigenvalue weighted by Crippen LogP contribution is 1.96. The van der Waals surface area contributed by atoms with Gasteiger partial charge < -0.3 is 4.74 Å². The number of amides is 2. The molecule has 0 saturated carbocycles. The van der Waals surface area contributed by atoms with Crippen molar-refractivity contribution in [2.45, 2.75) is 20.8 Å². The fraction of sp³-hybridized carbons (Fsp3) is 0.333. The molecular weight excluding hydrogens is 250 g/mol. The van der Waals surface area contributed by atoms with Crippen molar-refractivity contribution in [1.82, 2.24) is 15.8 Å². The number of hydrazine groups is 1. The fourth-order valence-electron chi connectivity index (χ4n) is 1.05. The van der Waals surface area contributed by atoms with Gasteiger partial charge in [-0.1, -0.05) is 6.07 Å². The van der Waals surface area contributed by atoms with Crippen LogP contribution in [0.4, 0.5) is 0 Å². The molecule has 0 aliphatic rings. The first-order chi connectivity index (χ1) is 9.01. The van der Waals surface area contributed by atoms with E-state index in [9.17, 15) is 14.4 Å². The van der Waals surface area contributed by atoms with Crippen LogP contribution in [0.2, 0.25) is 0 Å². The first-order valence-electron chi connectivity index (χ1n) is 5.55. The van der Waals surface area contributed by atoms with Crippen molar-refractivity contribution in [2.75, 3.05) is 6.61 Å². The lowest BCUT2D eigenvalue weighted by molar-refractivity contribution is -0.155. The average molecular weight is 267 g/mol. The summed E-state index contributed by atoms with van der Waals surface area (Å²) >= 11 is 0. The number of ether oxygens (including phenoxy) is 1. The lowest BCUT2D eigenvalue weighted by Gasteiger charge is -2.00. The Labute approximate surface area is 111 Å². The summed E-state index contributed by atoms with van der Waals surface area (Å²) in [7, 11) is 0. The molecule has 2 N–H and O–H groups in total. The van der Waals surface area contributed by atoms with E-state index in [2.05, 4.69) is 15.8 Å². The van der Waals surface area contributed by atoms with Crippen LogP contribution in [-0.2, 0) is 19.1 Å². The van der Waals surface area contributed by atoms with Gasteiger partial charge in [0.2, 0.25) is 6.41 Å². The van der Waals surface area contributed by atoms with Crippen LogP contribution in [0.3, 0.4) is 0 Å². The smallest absolute Gasteiger partial charge is 0.398 e. The fourth-order valence-corrected chi connectivity index (χ4v) is 1.05.